The molecule has 0 saturated heterocycles. The van der Waals surface area contributed by atoms with Crippen molar-refractivity contribution < 1.29 is 8.83 Å². The predicted molar refractivity (Wildman–Crippen MR) is 148 cm³/mol. The molecule has 3 fully saturated rings. The Hall–Kier alpha value is -0.580. The van der Waals surface area contributed by atoms with E-state index in [0.717, 1.165) is 35.2 Å². The molecule has 7 unspecified atom stereocenters. The van der Waals surface area contributed by atoms with Crippen molar-refractivity contribution in [1.29, 1.82) is 0 Å². The van der Waals surface area contributed by atoms with Gasteiger partial charge in [-0.1, -0.05) is 63.3 Å². The number of hydrogen-bond acceptors (Lipinski definition) is 2. The maximum atomic E-state index is 6.22. The molecule has 3 saturated carbocycles. The molecule has 4 bridgehead atoms. The van der Waals surface area contributed by atoms with Gasteiger partial charge in [-0.15, -0.1) is 0 Å². The van der Waals surface area contributed by atoms with Crippen LogP contribution >= 0.6 is 15.8 Å². The molecule has 3 aliphatic rings. The Morgan fingerprint density at radius 3 is 2.03 bits per heavy atom. The first-order valence-electron chi connectivity index (χ1n) is 13.6. The Bertz CT molecular complexity index is 903. The van der Waals surface area contributed by atoms with Crippen molar-refractivity contribution in [2.24, 2.45) is 29.6 Å². The lowest BCUT2D eigenvalue weighted by Gasteiger charge is -2.52. The Morgan fingerprint density at radius 2 is 1.53 bits per heavy atom. The van der Waals surface area contributed by atoms with E-state index >= 15 is 0 Å². The highest BCUT2D eigenvalue weighted by molar-refractivity contribution is 7.73. The minimum absolute atomic E-state index is 0.156. The van der Waals surface area contributed by atoms with Gasteiger partial charge in [-0.2, -0.15) is 0 Å². The van der Waals surface area contributed by atoms with Crippen LogP contribution in [-0.4, -0.2) is 21.1 Å². The summed E-state index contributed by atoms with van der Waals surface area (Å²) in [5, 5.41) is 1.03. The number of hydrogen-bond donors (Lipinski definition) is 0. The number of rotatable bonds is 5. The molecule has 0 amide bonds. The second kappa shape index (κ2) is 8.77. The van der Waals surface area contributed by atoms with Crippen LogP contribution < -0.4 is 11.0 Å². The maximum absolute atomic E-state index is 6.22. The van der Waals surface area contributed by atoms with Crippen LogP contribution in [0.1, 0.15) is 87.5 Å². The van der Waals surface area contributed by atoms with Gasteiger partial charge in [0.1, 0.15) is 11.0 Å². The summed E-state index contributed by atoms with van der Waals surface area (Å²) in [6, 6.07) is 8.66. The van der Waals surface area contributed by atoms with Crippen LogP contribution in [0.2, 0.25) is 0 Å². The summed E-state index contributed by atoms with van der Waals surface area (Å²) < 4.78 is 12.4. The van der Waals surface area contributed by atoms with E-state index < -0.39 is 7.92 Å². The van der Waals surface area contributed by atoms with Gasteiger partial charge in [0.15, 0.2) is 0 Å². The van der Waals surface area contributed by atoms with Gasteiger partial charge < -0.3 is 8.83 Å². The van der Waals surface area contributed by atoms with Crippen LogP contribution in [0.15, 0.2) is 45.6 Å². The van der Waals surface area contributed by atoms with Crippen molar-refractivity contribution in [2.75, 3.05) is 0 Å². The largest absolute Gasteiger partial charge is 0.464 e. The first-order valence-corrected chi connectivity index (χ1v) is 16.4. The fourth-order valence-electron chi connectivity index (χ4n) is 9.28. The number of furan rings is 2. The van der Waals surface area contributed by atoms with Crippen LogP contribution in [0.5, 0.6) is 0 Å². The SMILES string of the molecule is CC1C2CC3CCC(P(c4ccco4)c4ccco4)(C3)C(C2)C1C(C)P(C(C)(C)C)C(C)(C)C. The lowest BCUT2D eigenvalue weighted by Crippen LogP contribution is -2.46. The zero-order valence-electron chi connectivity index (χ0n) is 22.7. The van der Waals surface area contributed by atoms with Crippen molar-refractivity contribution >= 4 is 26.8 Å². The molecule has 188 valence electrons. The lowest BCUT2D eigenvalue weighted by atomic mass is 9.76. The smallest absolute Gasteiger partial charge is 0.133 e. The van der Waals surface area contributed by atoms with E-state index in [-0.39, 0.29) is 7.92 Å². The quantitative estimate of drug-likeness (QED) is 0.384. The Morgan fingerprint density at radius 1 is 0.941 bits per heavy atom. The molecule has 0 spiro atoms. The van der Waals surface area contributed by atoms with Gasteiger partial charge in [0, 0.05) is 13.1 Å². The predicted octanol–water partition coefficient (Wildman–Crippen LogP) is 8.60. The maximum Gasteiger partial charge on any atom is 0.133 e. The van der Waals surface area contributed by atoms with Crippen molar-refractivity contribution in [3.05, 3.63) is 36.8 Å². The molecule has 0 aromatic carbocycles. The Labute approximate surface area is 210 Å². The van der Waals surface area contributed by atoms with Gasteiger partial charge in [0.2, 0.25) is 0 Å². The van der Waals surface area contributed by atoms with E-state index in [0.29, 0.717) is 15.5 Å². The van der Waals surface area contributed by atoms with Gasteiger partial charge in [0.05, 0.1) is 12.5 Å². The third kappa shape index (κ3) is 4.08. The van der Waals surface area contributed by atoms with Crippen LogP contribution in [-0.2, 0) is 0 Å². The monoisotopic (exact) mass is 500 g/mol. The summed E-state index contributed by atoms with van der Waals surface area (Å²) >= 11 is 0. The van der Waals surface area contributed by atoms with Crippen LogP contribution in [0.25, 0.3) is 0 Å². The van der Waals surface area contributed by atoms with Crippen molar-refractivity contribution in [3.63, 3.8) is 0 Å². The molecule has 34 heavy (non-hydrogen) atoms. The zero-order chi connectivity index (χ0) is 24.5. The molecule has 2 aromatic heterocycles. The standard InChI is InChI=1S/C30H46O2P2/c1-20-23-17-22-13-14-30(19-22,33(25-11-9-15-31-25)26-12-10-16-32-26)24(18-23)27(20)21(2)34(28(3,4)5)29(6,7)8/h9-12,15-16,20-24,27H,13-14,17-19H2,1-8H3. The minimum Gasteiger partial charge on any atom is -0.464 e. The van der Waals surface area contributed by atoms with Crippen LogP contribution in [0, 0.1) is 29.6 Å². The summed E-state index contributed by atoms with van der Waals surface area (Å²) in [4.78, 5) is 0. The normalized spacial score (nSPS) is 34.7. The van der Waals surface area contributed by atoms with Crippen molar-refractivity contribution in [1.82, 2.24) is 0 Å². The lowest BCUT2D eigenvalue weighted by molar-refractivity contribution is 0.224. The summed E-state index contributed by atoms with van der Waals surface area (Å²) in [5.74, 6) is 4.16. The topological polar surface area (TPSA) is 26.3 Å². The molecule has 3 aliphatic carbocycles. The average molecular weight is 501 g/mol. The van der Waals surface area contributed by atoms with E-state index in [1.807, 2.05) is 12.5 Å². The van der Waals surface area contributed by atoms with Gasteiger partial charge in [-0.25, -0.2) is 0 Å². The molecule has 2 nitrogen and oxygen atoms in total. The van der Waals surface area contributed by atoms with Gasteiger partial charge >= 0.3 is 0 Å². The fraction of sp³-hybridized carbons (Fsp3) is 0.733. The molecule has 0 aliphatic heterocycles. The second-order valence-electron chi connectivity index (χ2n) is 13.7. The molecular weight excluding hydrogens is 454 g/mol. The third-order valence-electron chi connectivity index (χ3n) is 9.63. The highest BCUT2D eigenvalue weighted by Gasteiger charge is 2.63. The van der Waals surface area contributed by atoms with Crippen LogP contribution in [0.3, 0.4) is 0 Å². The summed E-state index contributed by atoms with van der Waals surface area (Å²) in [6.07, 6.45) is 10.8. The zero-order valence-corrected chi connectivity index (χ0v) is 24.5. The molecule has 5 rings (SSSR count). The van der Waals surface area contributed by atoms with Crippen molar-refractivity contribution in [2.45, 2.75) is 109 Å². The second-order valence-corrected chi connectivity index (χ2v) is 20.4. The Balaban J connectivity index is 1.63. The molecule has 2 heterocycles. The molecule has 0 N–H and O–H groups in total. The number of fused-ring (bicyclic) bond motifs is 5. The van der Waals surface area contributed by atoms with E-state index in [2.05, 4.69) is 79.7 Å². The van der Waals surface area contributed by atoms with E-state index in [9.17, 15) is 0 Å². The molecule has 2 aromatic rings. The molecular formula is C30H46O2P2. The summed E-state index contributed by atoms with van der Waals surface area (Å²) in [5.41, 5.74) is 3.13. The summed E-state index contributed by atoms with van der Waals surface area (Å²) in [7, 11) is -0.801. The summed E-state index contributed by atoms with van der Waals surface area (Å²) in [6.45, 7) is 20.4. The third-order valence-corrected chi connectivity index (χ3v) is 16.7. The van der Waals surface area contributed by atoms with E-state index in [1.165, 1.54) is 43.1 Å². The Kier molecular flexibility index (Phi) is 6.47. The first-order chi connectivity index (χ1) is 15.9. The van der Waals surface area contributed by atoms with Gasteiger partial charge in [-0.05, 0) is 102 Å². The van der Waals surface area contributed by atoms with Crippen LogP contribution in [0.4, 0.5) is 0 Å². The average Bonchev–Trinajstić information content (AvgIpc) is 3.48. The van der Waals surface area contributed by atoms with Gasteiger partial charge in [-0.3, -0.25) is 0 Å². The molecule has 4 heteroatoms. The van der Waals surface area contributed by atoms with Crippen molar-refractivity contribution in [3.8, 4) is 0 Å². The molecule has 7 atom stereocenters. The van der Waals surface area contributed by atoms with E-state index in [1.54, 1.807) is 0 Å². The fourth-order valence-corrected chi connectivity index (χ4v) is 17.9. The molecule has 0 radical (unpaired) electrons. The highest BCUT2D eigenvalue weighted by Crippen LogP contribution is 2.74. The van der Waals surface area contributed by atoms with E-state index in [4.69, 9.17) is 8.83 Å². The highest BCUT2D eigenvalue weighted by atomic mass is 31.1. The van der Waals surface area contributed by atoms with Gasteiger partial charge in [0.25, 0.3) is 0 Å². The first kappa shape index (κ1) is 25.1. The minimum atomic E-state index is -0.645.